The molecule has 0 spiro atoms. The van der Waals surface area contributed by atoms with E-state index in [1.54, 1.807) is 13.1 Å². The zero-order chi connectivity index (χ0) is 13.7. The van der Waals surface area contributed by atoms with Gasteiger partial charge in [-0.1, -0.05) is 13.8 Å². The summed E-state index contributed by atoms with van der Waals surface area (Å²) in [7, 11) is 0. The van der Waals surface area contributed by atoms with E-state index in [0.717, 1.165) is 12.2 Å². The number of carbonyl (C=O) groups excluding carboxylic acids is 1. The minimum atomic E-state index is -0.393. The number of aliphatic hydroxyl groups excluding tert-OH is 1. The lowest BCUT2D eigenvalue weighted by Crippen LogP contribution is -2.27. The predicted octanol–water partition coefficient (Wildman–Crippen LogP) is 1.35. The Kier molecular flexibility index (Phi) is 5.34. The molecule has 1 amide bonds. The molecule has 1 unspecified atom stereocenters. The van der Waals surface area contributed by atoms with Gasteiger partial charge >= 0.3 is 0 Å². The normalized spacial score (nSPS) is 12.8. The standard InChI is InChI=1S/C13H23N3O2/c1-9(2)8-16-11(4)12(7-15-16)13(18)14-6-5-10(3)17/h7,9-10,17H,5-6,8H2,1-4H3,(H,14,18). The van der Waals surface area contributed by atoms with Crippen molar-refractivity contribution >= 4 is 5.91 Å². The van der Waals surface area contributed by atoms with Gasteiger partial charge in [-0.2, -0.15) is 5.10 Å². The number of carbonyl (C=O) groups is 1. The summed E-state index contributed by atoms with van der Waals surface area (Å²) in [6.07, 6.45) is 1.77. The second-order valence-corrected chi connectivity index (χ2v) is 5.11. The highest BCUT2D eigenvalue weighted by molar-refractivity contribution is 5.94. The molecule has 0 saturated carbocycles. The average Bonchev–Trinajstić information content (AvgIpc) is 2.59. The molecule has 0 saturated heterocycles. The Labute approximate surface area is 108 Å². The summed E-state index contributed by atoms with van der Waals surface area (Å²) < 4.78 is 1.86. The molecule has 1 rings (SSSR count). The molecule has 1 atom stereocenters. The van der Waals surface area contributed by atoms with Crippen LogP contribution in [0.25, 0.3) is 0 Å². The zero-order valence-electron chi connectivity index (χ0n) is 11.6. The van der Waals surface area contributed by atoms with Crippen LogP contribution in [0.3, 0.4) is 0 Å². The maximum absolute atomic E-state index is 11.9. The lowest BCUT2D eigenvalue weighted by atomic mass is 10.2. The van der Waals surface area contributed by atoms with Crippen LogP contribution >= 0.6 is 0 Å². The number of amides is 1. The zero-order valence-corrected chi connectivity index (χ0v) is 11.6. The van der Waals surface area contributed by atoms with Gasteiger partial charge in [0.25, 0.3) is 5.91 Å². The Morgan fingerprint density at radius 2 is 2.17 bits per heavy atom. The van der Waals surface area contributed by atoms with E-state index in [2.05, 4.69) is 24.3 Å². The second kappa shape index (κ2) is 6.54. The van der Waals surface area contributed by atoms with E-state index in [1.807, 2.05) is 11.6 Å². The molecular formula is C13H23N3O2. The molecule has 1 aromatic heterocycles. The van der Waals surface area contributed by atoms with Crippen molar-refractivity contribution in [1.29, 1.82) is 0 Å². The third-order valence-electron chi connectivity index (χ3n) is 2.73. The maximum Gasteiger partial charge on any atom is 0.254 e. The fourth-order valence-corrected chi connectivity index (χ4v) is 1.69. The molecule has 18 heavy (non-hydrogen) atoms. The van der Waals surface area contributed by atoms with Crippen molar-refractivity contribution < 1.29 is 9.90 Å². The van der Waals surface area contributed by atoms with Gasteiger partial charge in [0.2, 0.25) is 0 Å². The van der Waals surface area contributed by atoms with Gasteiger partial charge in [-0.25, -0.2) is 0 Å². The second-order valence-electron chi connectivity index (χ2n) is 5.11. The van der Waals surface area contributed by atoms with Crippen LogP contribution in [0.1, 0.15) is 43.2 Å². The van der Waals surface area contributed by atoms with Gasteiger partial charge in [0.15, 0.2) is 0 Å². The van der Waals surface area contributed by atoms with E-state index in [-0.39, 0.29) is 5.91 Å². The molecule has 1 aromatic rings. The van der Waals surface area contributed by atoms with Crippen molar-refractivity contribution in [3.05, 3.63) is 17.5 Å². The van der Waals surface area contributed by atoms with Gasteiger partial charge in [0.1, 0.15) is 0 Å². The van der Waals surface area contributed by atoms with E-state index < -0.39 is 6.10 Å². The van der Waals surface area contributed by atoms with Gasteiger partial charge in [-0.15, -0.1) is 0 Å². The fourth-order valence-electron chi connectivity index (χ4n) is 1.69. The van der Waals surface area contributed by atoms with Crippen molar-refractivity contribution in [2.24, 2.45) is 5.92 Å². The highest BCUT2D eigenvalue weighted by Crippen LogP contribution is 2.09. The fraction of sp³-hybridized carbons (Fsp3) is 0.692. The highest BCUT2D eigenvalue weighted by atomic mass is 16.3. The number of aromatic nitrogens is 2. The Morgan fingerprint density at radius 3 is 2.72 bits per heavy atom. The smallest absolute Gasteiger partial charge is 0.254 e. The van der Waals surface area contributed by atoms with Crippen molar-refractivity contribution in [2.45, 2.75) is 46.8 Å². The van der Waals surface area contributed by atoms with Gasteiger partial charge in [0.05, 0.1) is 17.9 Å². The van der Waals surface area contributed by atoms with Crippen LogP contribution in [0.15, 0.2) is 6.20 Å². The summed E-state index contributed by atoms with van der Waals surface area (Å²) in [5.41, 5.74) is 1.50. The first-order chi connectivity index (χ1) is 8.41. The van der Waals surface area contributed by atoms with Crippen molar-refractivity contribution in [2.75, 3.05) is 6.54 Å². The Bertz CT molecular complexity index is 397. The molecule has 0 radical (unpaired) electrons. The number of hydrogen-bond donors (Lipinski definition) is 2. The maximum atomic E-state index is 11.9. The van der Waals surface area contributed by atoms with Crippen LogP contribution in [0.4, 0.5) is 0 Å². The van der Waals surface area contributed by atoms with Crippen LogP contribution in [-0.2, 0) is 6.54 Å². The number of aliphatic hydroxyl groups is 1. The van der Waals surface area contributed by atoms with Crippen LogP contribution in [0, 0.1) is 12.8 Å². The molecule has 5 nitrogen and oxygen atoms in total. The molecule has 0 aliphatic rings. The summed E-state index contributed by atoms with van der Waals surface area (Å²) >= 11 is 0. The molecule has 102 valence electrons. The molecule has 0 bridgehead atoms. The third-order valence-corrected chi connectivity index (χ3v) is 2.73. The summed E-state index contributed by atoms with van der Waals surface area (Å²) in [5, 5.41) is 16.1. The van der Waals surface area contributed by atoms with Gasteiger partial charge in [0, 0.05) is 18.8 Å². The van der Waals surface area contributed by atoms with Crippen molar-refractivity contribution in [3.63, 3.8) is 0 Å². The summed E-state index contributed by atoms with van der Waals surface area (Å²) in [4.78, 5) is 11.9. The van der Waals surface area contributed by atoms with Gasteiger partial charge < -0.3 is 10.4 Å². The van der Waals surface area contributed by atoms with Crippen LogP contribution in [-0.4, -0.2) is 33.4 Å². The molecule has 0 aliphatic carbocycles. The average molecular weight is 253 g/mol. The first-order valence-electron chi connectivity index (χ1n) is 6.40. The van der Waals surface area contributed by atoms with E-state index in [9.17, 15) is 4.79 Å². The lowest BCUT2D eigenvalue weighted by Gasteiger charge is -2.09. The van der Waals surface area contributed by atoms with Crippen LogP contribution in [0.2, 0.25) is 0 Å². The Balaban J connectivity index is 2.61. The summed E-state index contributed by atoms with van der Waals surface area (Å²) in [6.45, 7) is 9.13. The van der Waals surface area contributed by atoms with E-state index in [0.29, 0.717) is 24.4 Å². The number of rotatable bonds is 6. The number of hydrogen-bond acceptors (Lipinski definition) is 3. The predicted molar refractivity (Wildman–Crippen MR) is 70.4 cm³/mol. The monoisotopic (exact) mass is 253 g/mol. The SMILES string of the molecule is Cc1c(C(=O)NCCC(C)O)cnn1CC(C)C. The quantitative estimate of drug-likeness (QED) is 0.804. The van der Waals surface area contributed by atoms with E-state index in [1.165, 1.54) is 0 Å². The van der Waals surface area contributed by atoms with Crippen molar-refractivity contribution in [1.82, 2.24) is 15.1 Å². The molecule has 5 heteroatoms. The molecular weight excluding hydrogens is 230 g/mol. The summed E-state index contributed by atoms with van der Waals surface area (Å²) in [5.74, 6) is 0.373. The third kappa shape index (κ3) is 4.14. The van der Waals surface area contributed by atoms with E-state index in [4.69, 9.17) is 5.11 Å². The lowest BCUT2D eigenvalue weighted by molar-refractivity contribution is 0.0945. The minimum absolute atomic E-state index is 0.122. The summed E-state index contributed by atoms with van der Waals surface area (Å²) in [6, 6.07) is 0. The molecule has 0 aromatic carbocycles. The van der Waals surface area contributed by atoms with E-state index >= 15 is 0 Å². The minimum Gasteiger partial charge on any atom is -0.393 e. The molecule has 2 N–H and O–H groups in total. The first-order valence-corrected chi connectivity index (χ1v) is 6.40. The van der Waals surface area contributed by atoms with Gasteiger partial charge in [-0.05, 0) is 26.2 Å². The Hall–Kier alpha value is -1.36. The topological polar surface area (TPSA) is 67.2 Å². The molecule has 0 aliphatic heterocycles. The molecule has 0 fully saturated rings. The van der Waals surface area contributed by atoms with Crippen LogP contribution < -0.4 is 5.32 Å². The van der Waals surface area contributed by atoms with Gasteiger partial charge in [-0.3, -0.25) is 9.48 Å². The number of nitrogens with zero attached hydrogens (tertiary/aromatic N) is 2. The molecule has 1 heterocycles. The number of nitrogens with one attached hydrogen (secondary N) is 1. The Morgan fingerprint density at radius 1 is 1.50 bits per heavy atom. The highest BCUT2D eigenvalue weighted by Gasteiger charge is 2.14. The largest absolute Gasteiger partial charge is 0.393 e. The van der Waals surface area contributed by atoms with Crippen molar-refractivity contribution in [3.8, 4) is 0 Å². The first kappa shape index (κ1) is 14.7. The van der Waals surface area contributed by atoms with Crippen LogP contribution in [0.5, 0.6) is 0 Å².